The molecule has 2 heteroatoms. The number of nitrogens with zero attached hydrogens (tertiary/aromatic N) is 1. The zero-order chi connectivity index (χ0) is 12.8. The number of hydrogen-bond acceptors (Lipinski definition) is 1. The first-order chi connectivity index (χ1) is 8.81. The summed E-state index contributed by atoms with van der Waals surface area (Å²) in [5.74, 6) is 0. The Morgan fingerprint density at radius 3 is 1.67 bits per heavy atom. The second-order valence-electron chi connectivity index (χ2n) is 4.26. The maximum Gasteiger partial charge on any atom is 0.115 e. The summed E-state index contributed by atoms with van der Waals surface area (Å²) < 4.78 is 12.4. The first kappa shape index (κ1) is 12.3. The van der Waals surface area contributed by atoms with Crippen molar-refractivity contribution in [3.05, 3.63) is 70.8 Å². The van der Waals surface area contributed by atoms with Crippen LogP contribution >= 0.6 is 0 Å². The molecule has 2 aromatic carbocycles. The van der Waals surface area contributed by atoms with E-state index < -0.39 is 6.67 Å². The van der Waals surface area contributed by atoms with Crippen molar-refractivity contribution in [1.29, 1.82) is 5.26 Å². The van der Waals surface area contributed by atoms with Gasteiger partial charge in [-0.05, 0) is 41.7 Å². The van der Waals surface area contributed by atoms with Gasteiger partial charge in [-0.25, -0.2) is 4.39 Å². The SMILES string of the molecule is N#Cc1ccc(CCc2ccc(CF)cc2)cc1. The second kappa shape index (κ2) is 5.97. The molecule has 0 atom stereocenters. The highest BCUT2D eigenvalue weighted by atomic mass is 19.1. The number of benzene rings is 2. The average molecular weight is 239 g/mol. The molecule has 0 saturated heterocycles. The molecule has 90 valence electrons. The predicted molar refractivity (Wildman–Crippen MR) is 69.8 cm³/mol. The Balaban J connectivity index is 1.95. The third kappa shape index (κ3) is 3.18. The molecule has 0 aliphatic rings. The van der Waals surface area contributed by atoms with Gasteiger partial charge < -0.3 is 0 Å². The van der Waals surface area contributed by atoms with Crippen molar-refractivity contribution < 1.29 is 4.39 Å². The van der Waals surface area contributed by atoms with Gasteiger partial charge in [0, 0.05) is 0 Å². The molecular weight excluding hydrogens is 225 g/mol. The maximum atomic E-state index is 12.4. The van der Waals surface area contributed by atoms with E-state index in [0.29, 0.717) is 5.56 Å². The lowest BCUT2D eigenvalue weighted by Gasteiger charge is -2.03. The van der Waals surface area contributed by atoms with Crippen LogP contribution < -0.4 is 0 Å². The highest BCUT2D eigenvalue weighted by Crippen LogP contribution is 2.10. The first-order valence-corrected chi connectivity index (χ1v) is 5.94. The Hall–Kier alpha value is -2.14. The van der Waals surface area contributed by atoms with E-state index in [0.717, 1.165) is 18.4 Å². The van der Waals surface area contributed by atoms with Crippen LogP contribution in [0.4, 0.5) is 4.39 Å². The highest BCUT2D eigenvalue weighted by molar-refractivity contribution is 5.32. The fraction of sp³-hybridized carbons (Fsp3) is 0.188. The van der Waals surface area contributed by atoms with E-state index in [-0.39, 0.29) is 0 Å². The van der Waals surface area contributed by atoms with Gasteiger partial charge in [0.15, 0.2) is 0 Å². The molecule has 0 unspecified atom stereocenters. The zero-order valence-electron chi connectivity index (χ0n) is 10.1. The molecule has 0 aliphatic heterocycles. The van der Waals surface area contributed by atoms with Gasteiger partial charge in [0.25, 0.3) is 0 Å². The van der Waals surface area contributed by atoms with Crippen molar-refractivity contribution >= 4 is 0 Å². The molecule has 2 aromatic rings. The monoisotopic (exact) mass is 239 g/mol. The second-order valence-corrected chi connectivity index (χ2v) is 4.26. The summed E-state index contributed by atoms with van der Waals surface area (Å²) in [5, 5.41) is 8.71. The van der Waals surface area contributed by atoms with Crippen LogP contribution in [0.5, 0.6) is 0 Å². The summed E-state index contributed by atoms with van der Waals surface area (Å²) in [6, 6.07) is 17.3. The summed E-state index contributed by atoms with van der Waals surface area (Å²) in [6.07, 6.45) is 1.86. The molecule has 0 saturated carbocycles. The van der Waals surface area contributed by atoms with E-state index in [2.05, 4.69) is 6.07 Å². The summed E-state index contributed by atoms with van der Waals surface area (Å²) in [6.45, 7) is -0.407. The van der Waals surface area contributed by atoms with Crippen LogP contribution in [0.15, 0.2) is 48.5 Å². The molecular formula is C16H14FN. The van der Waals surface area contributed by atoms with Gasteiger partial charge >= 0.3 is 0 Å². The van der Waals surface area contributed by atoms with E-state index in [1.807, 2.05) is 48.5 Å². The quantitative estimate of drug-likeness (QED) is 0.795. The van der Waals surface area contributed by atoms with E-state index in [4.69, 9.17) is 5.26 Å². The summed E-state index contributed by atoms with van der Waals surface area (Å²) in [7, 11) is 0. The van der Waals surface area contributed by atoms with Crippen LogP contribution in [-0.2, 0) is 19.5 Å². The third-order valence-corrected chi connectivity index (χ3v) is 2.96. The lowest BCUT2D eigenvalue weighted by Crippen LogP contribution is -1.92. The number of hydrogen-bond donors (Lipinski definition) is 0. The van der Waals surface area contributed by atoms with Crippen molar-refractivity contribution in [2.75, 3.05) is 0 Å². The van der Waals surface area contributed by atoms with E-state index in [1.165, 1.54) is 11.1 Å². The third-order valence-electron chi connectivity index (χ3n) is 2.96. The summed E-state index contributed by atoms with van der Waals surface area (Å²) >= 11 is 0. The van der Waals surface area contributed by atoms with Crippen molar-refractivity contribution in [2.45, 2.75) is 19.5 Å². The van der Waals surface area contributed by atoms with Gasteiger partial charge in [-0.2, -0.15) is 5.26 Å². The molecule has 0 aromatic heterocycles. The lowest BCUT2D eigenvalue weighted by atomic mass is 10.0. The van der Waals surface area contributed by atoms with Crippen molar-refractivity contribution in [2.24, 2.45) is 0 Å². The number of rotatable bonds is 4. The van der Waals surface area contributed by atoms with Crippen LogP contribution in [0.1, 0.15) is 22.3 Å². The van der Waals surface area contributed by atoms with Crippen molar-refractivity contribution in [3.8, 4) is 6.07 Å². The standard InChI is InChI=1S/C16H14FN/c17-11-15-7-3-13(4-8-15)1-2-14-5-9-16(12-18)10-6-14/h3-10H,1-2,11H2. The first-order valence-electron chi connectivity index (χ1n) is 5.94. The minimum atomic E-state index is -0.407. The molecule has 0 bridgehead atoms. The molecule has 0 radical (unpaired) electrons. The number of aryl methyl sites for hydroxylation is 2. The highest BCUT2D eigenvalue weighted by Gasteiger charge is 1.97. The van der Waals surface area contributed by atoms with Crippen LogP contribution in [0.2, 0.25) is 0 Å². The van der Waals surface area contributed by atoms with Crippen LogP contribution in [-0.4, -0.2) is 0 Å². The minimum Gasteiger partial charge on any atom is -0.246 e. The Bertz CT molecular complexity index is 535. The normalized spacial score (nSPS) is 10.0. The summed E-state index contributed by atoms with van der Waals surface area (Å²) in [4.78, 5) is 0. The molecule has 18 heavy (non-hydrogen) atoms. The molecule has 0 aliphatic carbocycles. The molecule has 1 nitrogen and oxygen atoms in total. The van der Waals surface area contributed by atoms with Crippen LogP contribution in [0, 0.1) is 11.3 Å². The molecule has 0 fully saturated rings. The van der Waals surface area contributed by atoms with Crippen molar-refractivity contribution in [3.63, 3.8) is 0 Å². The predicted octanol–water partition coefficient (Wildman–Crippen LogP) is 3.81. The molecule has 2 rings (SSSR count). The fourth-order valence-electron chi connectivity index (χ4n) is 1.83. The largest absolute Gasteiger partial charge is 0.246 e. The minimum absolute atomic E-state index is 0.407. The van der Waals surface area contributed by atoms with Crippen LogP contribution in [0.25, 0.3) is 0 Å². The smallest absolute Gasteiger partial charge is 0.115 e. The van der Waals surface area contributed by atoms with E-state index >= 15 is 0 Å². The van der Waals surface area contributed by atoms with E-state index in [1.54, 1.807) is 0 Å². The average Bonchev–Trinajstić information content (AvgIpc) is 2.46. The molecule has 0 amide bonds. The lowest BCUT2D eigenvalue weighted by molar-refractivity contribution is 0.485. The van der Waals surface area contributed by atoms with Crippen LogP contribution in [0.3, 0.4) is 0 Å². The van der Waals surface area contributed by atoms with E-state index in [9.17, 15) is 4.39 Å². The molecule has 0 spiro atoms. The van der Waals surface area contributed by atoms with Gasteiger partial charge in [0.05, 0.1) is 11.6 Å². The topological polar surface area (TPSA) is 23.8 Å². The Labute approximate surface area is 107 Å². The van der Waals surface area contributed by atoms with Gasteiger partial charge in [-0.1, -0.05) is 36.4 Å². The Morgan fingerprint density at radius 2 is 1.22 bits per heavy atom. The van der Waals surface area contributed by atoms with Gasteiger partial charge in [-0.15, -0.1) is 0 Å². The maximum absolute atomic E-state index is 12.4. The Morgan fingerprint density at radius 1 is 0.778 bits per heavy atom. The summed E-state index contributed by atoms with van der Waals surface area (Å²) in [5.41, 5.74) is 3.82. The fourth-order valence-corrected chi connectivity index (χ4v) is 1.83. The number of nitriles is 1. The molecule has 0 N–H and O–H groups in total. The number of halogens is 1. The van der Waals surface area contributed by atoms with Gasteiger partial charge in [-0.3, -0.25) is 0 Å². The zero-order valence-corrected chi connectivity index (χ0v) is 10.1. The molecule has 0 heterocycles. The van der Waals surface area contributed by atoms with Gasteiger partial charge in [0.2, 0.25) is 0 Å². The Kier molecular flexibility index (Phi) is 4.09. The number of alkyl halides is 1. The van der Waals surface area contributed by atoms with Crippen molar-refractivity contribution in [1.82, 2.24) is 0 Å². The van der Waals surface area contributed by atoms with Gasteiger partial charge in [0.1, 0.15) is 6.67 Å².